The second-order valence-corrected chi connectivity index (χ2v) is 8.74. The van der Waals surface area contributed by atoms with Crippen LogP contribution in [0.3, 0.4) is 0 Å². The number of imide groups is 1. The minimum absolute atomic E-state index is 0.139. The highest BCUT2D eigenvalue weighted by atomic mass is 19.1. The van der Waals surface area contributed by atoms with Crippen LogP contribution in [0.25, 0.3) is 0 Å². The van der Waals surface area contributed by atoms with Gasteiger partial charge in [0.2, 0.25) is 17.7 Å². The highest BCUT2D eigenvalue weighted by Crippen LogP contribution is 2.60. The molecule has 1 aromatic carbocycles. The van der Waals surface area contributed by atoms with Crippen molar-refractivity contribution in [3.8, 4) is 0 Å². The van der Waals surface area contributed by atoms with Crippen molar-refractivity contribution in [3.05, 3.63) is 29.6 Å². The third kappa shape index (κ3) is 2.06. The maximum absolute atomic E-state index is 14.2. The van der Waals surface area contributed by atoms with Crippen LogP contribution in [-0.2, 0) is 24.7 Å². The van der Waals surface area contributed by atoms with E-state index >= 15 is 0 Å². The fourth-order valence-corrected chi connectivity index (χ4v) is 6.41. The molecule has 29 heavy (non-hydrogen) atoms. The molecule has 152 valence electrons. The fraction of sp³-hybridized carbons (Fsp3) is 0.571. The Morgan fingerprint density at radius 1 is 1.17 bits per heavy atom. The van der Waals surface area contributed by atoms with Crippen molar-refractivity contribution < 1.29 is 23.5 Å². The molecule has 7 nitrogen and oxygen atoms in total. The fourth-order valence-electron chi connectivity index (χ4n) is 6.41. The summed E-state index contributed by atoms with van der Waals surface area (Å²) >= 11 is 0. The van der Waals surface area contributed by atoms with E-state index in [1.807, 2.05) is 4.90 Å². The predicted molar refractivity (Wildman–Crippen MR) is 99.1 cm³/mol. The summed E-state index contributed by atoms with van der Waals surface area (Å²) in [6, 6.07) is 4.02. The molecule has 5 aliphatic heterocycles. The summed E-state index contributed by atoms with van der Waals surface area (Å²) in [6.45, 7) is 1.50. The molecule has 5 heterocycles. The Morgan fingerprint density at radius 3 is 2.83 bits per heavy atom. The van der Waals surface area contributed by atoms with Gasteiger partial charge in [-0.3, -0.25) is 24.2 Å². The molecular formula is C21H22FN3O4. The number of nitrogens with one attached hydrogen (secondary N) is 1. The first-order valence-corrected chi connectivity index (χ1v) is 10.4. The lowest BCUT2D eigenvalue weighted by Gasteiger charge is -2.36. The van der Waals surface area contributed by atoms with Crippen LogP contribution < -0.4 is 5.32 Å². The van der Waals surface area contributed by atoms with Gasteiger partial charge in [-0.25, -0.2) is 4.39 Å². The minimum Gasteiger partial charge on any atom is -0.376 e. The van der Waals surface area contributed by atoms with E-state index < -0.39 is 23.2 Å². The SMILES string of the molecule is O=C1C2C3CCCN3C3(C(=O)Nc4ccc(F)cc43)C2C(=O)N1CC1CCCO1. The molecule has 1 spiro atoms. The molecule has 0 aliphatic carbocycles. The minimum atomic E-state index is -1.30. The predicted octanol–water partition coefficient (Wildman–Crippen LogP) is 1.23. The van der Waals surface area contributed by atoms with E-state index in [1.165, 1.54) is 17.0 Å². The van der Waals surface area contributed by atoms with Crippen molar-refractivity contribution in [1.29, 1.82) is 0 Å². The van der Waals surface area contributed by atoms with Gasteiger partial charge in [-0.1, -0.05) is 0 Å². The van der Waals surface area contributed by atoms with E-state index in [-0.39, 0.29) is 36.4 Å². The number of halogens is 1. The summed E-state index contributed by atoms with van der Waals surface area (Å²) < 4.78 is 19.8. The molecule has 5 aliphatic rings. The maximum Gasteiger partial charge on any atom is 0.250 e. The first kappa shape index (κ1) is 17.5. The monoisotopic (exact) mass is 399 g/mol. The number of hydrogen-bond donors (Lipinski definition) is 1. The summed E-state index contributed by atoms with van der Waals surface area (Å²) in [5.41, 5.74) is -0.288. The molecule has 6 rings (SSSR count). The molecule has 5 atom stereocenters. The Morgan fingerprint density at radius 2 is 2.03 bits per heavy atom. The van der Waals surface area contributed by atoms with Gasteiger partial charge in [0.15, 0.2) is 0 Å². The second-order valence-electron chi connectivity index (χ2n) is 8.74. The van der Waals surface area contributed by atoms with Crippen LogP contribution in [-0.4, -0.2) is 59.4 Å². The van der Waals surface area contributed by atoms with Crippen LogP contribution in [0.5, 0.6) is 0 Å². The van der Waals surface area contributed by atoms with Crippen molar-refractivity contribution >= 4 is 23.4 Å². The highest BCUT2D eigenvalue weighted by Gasteiger charge is 2.74. The standard InChI is InChI=1S/C21H22FN3O4/c22-11-5-6-14-13(9-11)21(20(28)23-14)17-16(15-4-1-7-25(15)21)18(26)24(19(17)27)10-12-3-2-8-29-12/h5-6,9,12,15-17H,1-4,7-8,10H2,(H,23,28). The van der Waals surface area contributed by atoms with Crippen molar-refractivity contribution in [3.63, 3.8) is 0 Å². The van der Waals surface area contributed by atoms with Crippen molar-refractivity contribution in [2.75, 3.05) is 25.0 Å². The molecule has 4 fully saturated rings. The van der Waals surface area contributed by atoms with E-state index in [0.29, 0.717) is 24.4 Å². The van der Waals surface area contributed by atoms with Crippen LogP contribution >= 0.6 is 0 Å². The number of amides is 3. The lowest BCUT2D eigenvalue weighted by atomic mass is 9.75. The van der Waals surface area contributed by atoms with E-state index in [0.717, 1.165) is 25.7 Å². The summed E-state index contributed by atoms with van der Waals surface area (Å²) in [6.07, 6.45) is 3.21. The molecule has 0 saturated carbocycles. The normalized spacial score (nSPS) is 38.1. The number of fused-ring (bicyclic) bond motifs is 7. The van der Waals surface area contributed by atoms with E-state index in [9.17, 15) is 18.8 Å². The van der Waals surface area contributed by atoms with Gasteiger partial charge in [0.05, 0.1) is 24.5 Å². The summed E-state index contributed by atoms with van der Waals surface area (Å²) in [4.78, 5) is 43.6. The number of rotatable bonds is 2. The molecule has 4 saturated heterocycles. The smallest absolute Gasteiger partial charge is 0.250 e. The molecule has 0 radical (unpaired) electrons. The molecule has 1 N–H and O–H groups in total. The van der Waals surface area contributed by atoms with Gasteiger partial charge < -0.3 is 10.1 Å². The third-order valence-electron chi connectivity index (χ3n) is 7.46. The third-order valence-corrected chi connectivity index (χ3v) is 7.46. The van der Waals surface area contributed by atoms with Gasteiger partial charge in [0.25, 0.3) is 0 Å². The quantitative estimate of drug-likeness (QED) is 0.757. The Labute approximate surface area is 167 Å². The summed E-state index contributed by atoms with van der Waals surface area (Å²) in [5.74, 6) is -2.68. The number of ether oxygens (including phenoxy) is 1. The molecule has 3 amide bonds. The van der Waals surface area contributed by atoms with Gasteiger partial charge in [0, 0.05) is 23.9 Å². The van der Waals surface area contributed by atoms with E-state index in [2.05, 4.69) is 5.32 Å². The van der Waals surface area contributed by atoms with Gasteiger partial charge in [-0.15, -0.1) is 0 Å². The van der Waals surface area contributed by atoms with Gasteiger partial charge in [-0.05, 0) is 50.4 Å². The zero-order chi connectivity index (χ0) is 19.9. The molecular weight excluding hydrogens is 377 g/mol. The summed E-state index contributed by atoms with van der Waals surface area (Å²) in [7, 11) is 0. The Hall–Kier alpha value is -2.32. The molecule has 0 bridgehead atoms. The zero-order valence-electron chi connectivity index (χ0n) is 15.9. The van der Waals surface area contributed by atoms with Crippen molar-refractivity contribution in [2.45, 2.75) is 43.4 Å². The maximum atomic E-state index is 14.2. The number of nitrogens with zero attached hydrogens (tertiary/aromatic N) is 2. The van der Waals surface area contributed by atoms with Crippen LogP contribution in [0.15, 0.2) is 18.2 Å². The highest BCUT2D eigenvalue weighted by molar-refractivity contribution is 6.15. The van der Waals surface area contributed by atoms with E-state index in [4.69, 9.17) is 4.74 Å². The second kappa shape index (κ2) is 5.86. The van der Waals surface area contributed by atoms with Crippen LogP contribution in [0, 0.1) is 17.7 Å². The van der Waals surface area contributed by atoms with Crippen molar-refractivity contribution in [2.24, 2.45) is 11.8 Å². The lowest BCUT2D eigenvalue weighted by Crippen LogP contribution is -2.54. The van der Waals surface area contributed by atoms with Crippen LogP contribution in [0.1, 0.15) is 31.2 Å². The molecule has 8 heteroatoms. The number of carbonyl (C=O) groups excluding carboxylic acids is 3. The molecule has 5 unspecified atom stereocenters. The van der Waals surface area contributed by atoms with Gasteiger partial charge in [0.1, 0.15) is 11.4 Å². The van der Waals surface area contributed by atoms with Gasteiger partial charge >= 0.3 is 0 Å². The molecule has 0 aromatic heterocycles. The number of carbonyl (C=O) groups is 3. The average Bonchev–Trinajstić information content (AvgIpc) is 3.47. The van der Waals surface area contributed by atoms with Crippen LogP contribution in [0.2, 0.25) is 0 Å². The average molecular weight is 399 g/mol. The number of hydrogen-bond acceptors (Lipinski definition) is 5. The number of likely N-dealkylation sites (tertiary alicyclic amines) is 1. The van der Waals surface area contributed by atoms with E-state index in [1.54, 1.807) is 6.07 Å². The van der Waals surface area contributed by atoms with Gasteiger partial charge in [-0.2, -0.15) is 0 Å². The number of benzene rings is 1. The number of anilines is 1. The summed E-state index contributed by atoms with van der Waals surface area (Å²) in [5, 5.41) is 2.85. The topological polar surface area (TPSA) is 79.0 Å². The van der Waals surface area contributed by atoms with Crippen LogP contribution in [0.4, 0.5) is 10.1 Å². The Kier molecular flexibility index (Phi) is 3.54. The lowest BCUT2D eigenvalue weighted by molar-refractivity contribution is -0.147. The molecule has 1 aromatic rings. The Bertz CT molecular complexity index is 946. The first-order chi connectivity index (χ1) is 14.0. The first-order valence-electron chi connectivity index (χ1n) is 10.4. The van der Waals surface area contributed by atoms with Crippen molar-refractivity contribution in [1.82, 2.24) is 9.80 Å². The Balaban J connectivity index is 1.48. The largest absolute Gasteiger partial charge is 0.376 e. The zero-order valence-corrected chi connectivity index (χ0v) is 15.9.